The Balaban J connectivity index is 3.14. The van der Waals surface area contributed by atoms with E-state index in [1.807, 2.05) is 0 Å². The van der Waals surface area contributed by atoms with Crippen molar-refractivity contribution in [3.63, 3.8) is 0 Å². The Bertz CT molecular complexity index is 395. The third-order valence-electron chi connectivity index (χ3n) is 2.28. The maximum Gasteiger partial charge on any atom is 0.416 e. The molecule has 1 rings (SSSR count). The van der Waals surface area contributed by atoms with E-state index in [1.165, 1.54) is 6.92 Å². The molecule has 0 radical (unpaired) electrons. The van der Waals surface area contributed by atoms with Crippen LogP contribution in [0.25, 0.3) is 0 Å². The number of hydrogen-bond acceptors (Lipinski definition) is 1. The largest absolute Gasteiger partial charge is 0.416 e. The topological polar surface area (TPSA) is 12.0 Å². The lowest BCUT2D eigenvalue weighted by Crippen LogP contribution is -2.34. The molecule has 102 valence electrons. The molecular weight excluding hydrogens is 260 g/mol. The van der Waals surface area contributed by atoms with Crippen LogP contribution in [0.1, 0.15) is 24.1 Å². The van der Waals surface area contributed by atoms with Gasteiger partial charge < -0.3 is 5.32 Å². The predicted molar refractivity (Wildman–Crippen MR) is 53.9 cm³/mol. The summed E-state index contributed by atoms with van der Waals surface area (Å²) in [5, 5.41) is 2.13. The molecule has 7 heteroatoms. The first kappa shape index (κ1) is 14.8. The third kappa shape index (κ3) is 3.63. The van der Waals surface area contributed by atoms with Crippen LogP contribution in [-0.2, 0) is 6.18 Å². The highest BCUT2D eigenvalue weighted by Crippen LogP contribution is 2.36. The van der Waals surface area contributed by atoms with E-state index in [-0.39, 0.29) is 6.54 Å². The quantitative estimate of drug-likeness (QED) is 0.822. The van der Waals surface area contributed by atoms with Crippen molar-refractivity contribution in [1.29, 1.82) is 0 Å². The number of rotatable bonds is 3. The van der Waals surface area contributed by atoms with Gasteiger partial charge in [-0.05, 0) is 24.2 Å². The highest BCUT2D eigenvalue weighted by Gasteiger charge is 2.41. The fourth-order valence-electron chi connectivity index (χ4n) is 1.52. The fraction of sp³-hybridized carbons (Fsp3) is 0.455. The summed E-state index contributed by atoms with van der Waals surface area (Å²) in [6, 6.07) is 1.15. The first-order valence-electron chi connectivity index (χ1n) is 5.13. The van der Waals surface area contributed by atoms with Crippen molar-refractivity contribution in [2.45, 2.75) is 25.3 Å². The van der Waals surface area contributed by atoms with Gasteiger partial charge >= 0.3 is 12.4 Å². The Labute approximate surface area is 99.8 Å². The molecule has 0 saturated carbocycles. The van der Waals surface area contributed by atoms with Crippen LogP contribution in [0.4, 0.5) is 26.3 Å². The molecule has 1 N–H and O–H groups in total. The van der Waals surface area contributed by atoms with Crippen LogP contribution in [0, 0.1) is 0 Å². The van der Waals surface area contributed by atoms with Crippen LogP contribution < -0.4 is 5.32 Å². The average Bonchev–Trinajstić information content (AvgIpc) is 2.23. The number of benzene rings is 1. The van der Waals surface area contributed by atoms with E-state index < -0.39 is 29.5 Å². The molecule has 0 aliphatic carbocycles. The van der Waals surface area contributed by atoms with Crippen molar-refractivity contribution >= 4 is 0 Å². The maximum absolute atomic E-state index is 12.7. The summed E-state index contributed by atoms with van der Waals surface area (Å²) in [5.74, 6) is 0. The maximum atomic E-state index is 12.7. The van der Waals surface area contributed by atoms with Crippen LogP contribution in [-0.4, -0.2) is 12.7 Å². The van der Waals surface area contributed by atoms with Gasteiger partial charge in [-0.1, -0.05) is 19.1 Å². The zero-order chi connectivity index (χ0) is 14.0. The number of hydrogen-bond donors (Lipinski definition) is 1. The molecular formula is C11H11F6N. The standard InChI is InChI=1S/C11H11F6N/c1-2-18-9(11(15,16)17)7-4-3-5-8(6-7)10(12,13)14/h3-6,9,18H,2H2,1H3. The molecule has 18 heavy (non-hydrogen) atoms. The van der Waals surface area contributed by atoms with Gasteiger partial charge in [-0.3, -0.25) is 0 Å². The highest BCUT2D eigenvalue weighted by atomic mass is 19.4. The van der Waals surface area contributed by atoms with Crippen LogP contribution >= 0.6 is 0 Å². The minimum absolute atomic E-state index is 0.000419. The smallest absolute Gasteiger partial charge is 0.303 e. The van der Waals surface area contributed by atoms with Crippen LogP contribution in [0.5, 0.6) is 0 Å². The van der Waals surface area contributed by atoms with Gasteiger partial charge in [0.05, 0.1) is 5.56 Å². The molecule has 0 amide bonds. The molecule has 0 heterocycles. The lowest BCUT2D eigenvalue weighted by molar-refractivity contribution is -0.158. The summed E-state index contributed by atoms with van der Waals surface area (Å²) in [4.78, 5) is 0. The van der Waals surface area contributed by atoms with Gasteiger partial charge in [0.1, 0.15) is 6.04 Å². The summed E-state index contributed by atoms with van der Waals surface area (Å²) >= 11 is 0. The van der Waals surface area contributed by atoms with Crippen molar-refractivity contribution in [3.05, 3.63) is 35.4 Å². The first-order valence-corrected chi connectivity index (χ1v) is 5.13. The SMILES string of the molecule is CCNC(c1cccc(C(F)(F)F)c1)C(F)(F)F. The van der Waals surface area contributed by atoms with Gasteiger partial charge in [-0.2, -0.15) is 26.3 Å². The number of halogens is 6. The van der Waals surface area contributed by atoms with E-state index in [1.54, 1.807) is 0 Å². The molecule has 0 aliphatic heterocycles. The van der Waals surface area contributed by atoms with E-state index in [9.17, 15) is 26.3 Å². The monoisotopic (exact) mass is 271 g/mol. The first-order chi connectivity index (χ1) is 8.16. The van der Waals surface area contributed by atoms with Gasteiger partial charge in [-0.25, -0.2) is 0 Å². The minimum atomic E-state index is -4.65. The van der Waals surface area contributed by atoms with Crippen molar-refractivity contribution < 1.29 is 26.3 Å². The number of nitrogens with one attached hydrogen (secondary N) is 1. The zero-order valence-corrected chi connectivity index (χ0v) is 9.36. The summed E-state index contributed by atoms with van der Waals surface area (Å²) < 4.78 is 75.3. The summed E-state index contributed by atoms with van der Waals surface area (Å²) in [5.41, 5.74) is -1.54. The van der Waals surface area contributed by atoms with E-state index in [0.29, 0.717) is 6.07 Å². The van der Waals surface area contributed by atoms with Gasteiger partial charge in [0, 0.05) is 0 Å². The van der Waals surface area contributed by atoms with Gasteiger partial charge in [0.25, 0.3) is 0 Å². The third-order valence-corrected chi connectivity index (χ3v) is 2.28. The summed E-state index contributed by atoms with van der Waals surface area (Å²) in [6.07, 6.45) is -9.29. The Hall–Kier alpha value is -1.24. The van der Waals surface area contributed by atoms with Crippen molar-refractivity contribution in [3.8, 4) is 0 Å². The predicted octanol–water partition coefficient (Wildman–Crippen LogP) is 3.92. The van der Waals surface area contributed by atoms with E-state index >= 15 is 0 Å². The van der Waals surface area contributed by atoms with E-state index in [2.05, 4.69) is 5.32 Å². The zero-order valence-electron chi connectivity index (χ0n) is 9.36. The minimum Gasteiger partial charge on any atom is -0.303 e. The molecule has 0 fully saturated rings. The van der Waals surface area contributed by atoms with Crippen molar-refractivity contribution in [2.24, 2.45) is 0 Å². The molecule has 1 aromatic rings. The van der Waals surface area contributed by atoms with E-state index in [4.69, 9.17) is 0 Å². The molecule has 0 aliphatic rings. The van der Waals surface area contributed by atoms with Gasteiger partial charge in [-0.15, -0.1) is 0 Å². The second-order valence-electron chi connectivity index (χ2n) is 3.66. The molecule has 1 nitrogen and oxygen atoms in total. The van der Waals surface area contributed by atoms with E-state index in [0.717, 1.165) is 18.2 Å². The Morgan fingerprint density at radius 3 is 2.17 bits per heavy atom. The molecule has 0 spiro atoms. The second-order valence-corrected chi connectivity index (χ2v) is 3.66. The second kappa shape index (κ2) is 5.17. The van der Waals surface area contributed by atoms with Gasteiger partial charge in [0.15, 0.2) is 0 Å². The Kier molecular flexibility index (Phi) is 4.26. The molecule has 0 bridgehead atoms. The Morgan fingerprint density at radius 2 is 1.72 bits per heavy atom. The highest BCUT2D eigenvalue weighted by molar-refractivity contribution is 5.28. The summed E-state index contributed by atoms with van der Waals surface area (Å²) in [7, 11) is 0. The van der Waals surface area contributed by atoms with Gasteiger partial charge in [0.2, 0.25) is 0 Å². The molecule has 1 aromatic carbocycles. The van der Waals surface area contributed by atoms with Crippen molar-refractivity contribution in [1.82, 2.24) is 5.32 Å². The van der Waals surface area contributed by atoms with Crippen LogP contribution in [0.15, 0.2) is 24.3 Å². The molecule has 0 saturated heterocycles. The lowest BCUT2D eigenvalue weighted by atomic mass is 10.0. The van der Waals surface area contributed by atoms with Crippen molar-refractivity contribution in [2.75, 3.05) is 6.54 Å². The fourth-order valence-corrected chi connectivity index (χ4v) is 1.52. The number of alkyl halides is 6. The van der Waals surface area contributed by atoms with Crippen LogP contribution in [0.2, 0.25) is 0 Å². The lowest BCUT2D eigenvalue weighted by Gasteiger charge is -2.22. The van der Waals surface area contributed by atoms with Crippen LogP contribution in [0.3, 0.4) is 0 Å². The average molecular weight is 271 g/mol. The molecule has 1 atom stereocenters. The normalized spacial score (nSPS) is 14.6. The summed E-state index contributed by atoms with van der Waals surface area (Å²) in [6.45, 7) is 1.45. The molecule has 0 aromatic heterocycles. The Morgan fingerprint density at radius 1 is 1.11 bits per heavy atom. The molecule has 1 unspecified atom stereocenters.